The molecular formula is C10H17NO. The van der Waals surface area contributed by atoms with Crippen LogP contribution < -0.4 is 0 Å². The lowest BCUT2D eigenvalue weighted by Crippen LogP contribution is -2.23. The molecule has 0 aromatic rings. The van der Waals surface area contributed by atoms with Gasteiger partial charge >= 0.3 is 0 Å². The summed E-state index contributed by atoms with van der Waals surface area (Å²) in [4.78, 5) is 2.16. The Morgan fingerprint density at radius 2 is 1.58 bits per heavy atom. The maximum absolute atomic E-state index is 8.49. The Bertz CT molecular complexity index is 142. The van der Waals surface area contributed by atoms with Crippen LogP contribution in [0.15, 0.2) is 37.5 Å². The van der Waals surface area contributed by atoms with Gasteiger partial charge < -0.3 is 5.11 Å². The number of aliphatic hydroxyl groups is 1. The highest BCUT2D eigenvalue weighted by molar-refractivity contribution is 4.88. The van der Waals surface area contributed by atoms with Crippen LogP contribution >= 0.6 is 0 Å². The maximum Gasteiger partial charge on any atom is 0.0612 e. The first kappa shape index (κ1) is 11.1. The van der Waals surface area contributed by atoms with Crippen molar-refractivity contribution in [1.82, 2.24) is 4.90 Å². The quantitative estimate of drug-likeness (QED) is 0.576. The molecule has 0 heterocycles. The van der Waals surface area contributed by atoms with Crippen molar-refractivity contribution in [2.45, 2.75) is 0 Å². The highest BCUT2D eigenvalue weighted by atomic mass is 16.2. The van der Waals surface area contributed by atoms with Crippen molar-refractivity contribution in [3.8, 4) is 0 Å². The monoisotopic (exact) mass is 167 g/mol. The highest BCUT2D eigenvalue weighted by Gasteiger charge is 1.95. The molecule has 0 aromatic carbocycles. The topological polar surface area (TPSA) is 23.5 Å². The summed E-state index contributed by atoms with van der Waals surface area (Å²) in [7, 11) is 0. The summed E-state index contributed by atoms with van der Waals surface area (Å²) in [5.74, 6) is 0. The van der Waals surface area contributed by atoms with Gasteiger partial charge in [0.2, 0.25) is 0 Å². The summed E-state index contributed by atoms with van der Waals surface area (Å²) in [5.41, 5.74) is 0. The Morgan fingerprint density at radius 1 is 1.00 bits per heavy atom. The van der Waals surface area contributed by atoms with Gasteiger partial charge in [-0.05, 0) is 0 Å². The van der Waals surface area contributed by atoms with Crippen LogP contribution in [0.5, 0.6) is 0 Å². The third-order valence-corrected chi connectivity index (χ3v) is 1.41. The molecule has 0 aliphatic rings. The minimum absolute atomic E-state index is 0.107. The average Bonchev–Trinajstić information content (AvgIpc) is 2.06. The molecule has 12 heavy (non-hydrogen) atoms. The zero-order valence-electron chi connectivity index (χ0n) is 7.45. The predicted molar refractivity (Wildman–Crippen MR) is 53.1 cm³/mol. The summed E-state index contributed by atoms with van der Waals surface area (Å²) < 4.78 is 0. The van der Waals surface area contributed by atoms with E-state index in [1.165, 1.54) is 0 Å². The molecule has 0 spiro atoms. The second kappa shape index (κ2) is 8.24. The van der Waals surface area contributed by atoms with Gasteiger partial charge in [0.1, 0.15) is 0 Å². The molecule has 2 heteroatoms. The van der Waals surface area contributed by atoms with Crippen LogP contribution in [0.4, 0.5) is 0 Å². The van der Waals surface area contributed by atoms with E-state index < -0.39 is 0 Å². The Morgan fingerprint density at radius 3 is 2.00 bits per heavy atom. The molecule has 68 valence electrons. The van der Waals surface area contributed by atoms with Gasteiger partial charge in [-0.15, -0.1) is 13.2 Å². The van der Waals surface area contributed by atoms with Gasteiger partial charge in [-0.3, -0.25) is 4.90 Å². The molecule has 1 N–H and O–H groups in total. The summed E-state index contributed by atoms with van der Waals surface area (Å²) in [6, 6.07) is 0. The Labute approximate surface area is 74.5 Å². The van der Waals surface area contributed by atoms with E-state index in [0.717, 1.165) is 19.6 Å². The predicted octanol–water partition coefficient (Wildman–Crippen LogP) is 1.21. The first-order valence-electron chi connectivity index (χ1n) is 4.05. The highest BCUT2D eigenvalue weighted by Crippen LogP contribution is 1.89. The number of aliphatic hydroxyl groups excluding tert-OH is 1. The van der Waals surface area contributed by atoms with E-state index in [9.17, 15) is 0 Å². The van der Waals surface area contributed by atoms with Crippen LogP contribution in [0.1, 0.15) is 0 Å². The standard InChI is InChI=1S/C10H17NO/c1-3-7-11(8-4-2)9-5-6-10-12/h3-6,12H,1-2,7-10H2/b6-5-. The molecule has 0 aromatic heterocycles. The van der Waals surface area contributed by atoms with E-state index in [0.29, 0.717) is 0 Å². The van der Waals surface area contributed by atoms with Gasteiger partial charge in [0, 0.05) is 19.6 Å². The van der Waals surface area contributed by atoms with E-state index in [1.54, 1.807) is 6.08 Å². The molecule has 0 bridgehead atoms. The van der Waals surface area contributed by atoms with Crippen LogP contribution in [-0.4, -0.2) is 36.2 Å². The van der Waals surface area contributed by atoms with Crippen molar-refractivity contribution in [3.63, 3.8) is 0 Å². The van der Waals surface area contributed by atoms with E-state index in [-0.39, 0.29) is 6.61 Å². The van der Waals surface area contributed by atoms with E-state index in [4.69, 9.17) is 5.11 Å². The van der Waals surface area contributed by atoms with Crippen molar-refractivity contribution < 1.29 is 5.11 Å². The van der Waals surface area contributed by atoms with Gasteiger partial charge in [-0.1, -0.05) is 24.3 Å². The molecular weight excluding hydrogens is 150 g/mol. The molecule has 0 fully saturated rings. The van der Waals surface area contributed by atoms with Gasteiger partial charge in [0.15, 0.2) is 0 Å². The number of hydrogen-bond donors (Lipinski definition) is 1. The molecule has 0 radical (unpaired) electrons. The first-order chi connectivity index (χ1) is 5.85. The maximum atomic E-state index is 8.49. The van der Waals surface area contributed by atoms with Gasteiger partial charge in [0.05, 0.1) is 6.61 Å². The summed E-state index contributed by atoms with van der Waals surface area (Å²) in [6.45, 7) is 9.96. The molecule has 0 aliphatic heterocycles. The van der Waals surface area contributed by atoms with Gasteiger partial charge in [-0.2, -0.15) is 0 Å². The largest absolute Gasteiger partial charge is 0.392 e. The second-order valence-corrected chi connectivity index (χ2v) is 2.45. The number of nitrogens with zero attached hydrogens (tertiary/aromatic N) is 1. The average molecular weight is 167 g/mol. The normalized spacial score (nSPS) is 10.8. The lowest BCUT2D eigenvalue weighted by Gasteiger charge is -2.15. The van der Waals surface area contributed by atoms with Crippen molar-refractivity contribution in [3.05, 3.63) is 37.5 Å². The van der Waals surface area contributed by atoms with Crippen molar-refractivity contribution in [1.29, 1.82) is 0 Å². The molecule has 0 aliphatic carbocycles. The van der Waals surface area contributed by atoms with Crippen LogP contribution in [0.2, 0.25) is 0 Å². The molecule has 0 rings (SSSR count). The van der Waals surface area contributed by atoms with Gasteiger partial charge in [0.25, 0.3) is 0 Å². The van der Waals surface area contributed by atoms with E-state index >= 15 is 0 Å². The Kier molecular flexibility index (Phi) is 7.65. The zero-order valence-corrected chi connectivity index (χ0v) is 7.45. The summed E-state index contributed by atoms with van der Waals surface area (Å²) in [6.07, 6.45) is 7.39. The minimum atomic E-state index is 0.107. The van der Waals surface area contributed by atoms with Crippen LogP contribution in [-0.2, 0) is 0 Å². The fourth-order valence-corrected chi connectivity index (χ4v) is 0.887. The summed E-state index contributed by atoms with van der Waals surface area (Å²) >= 11 is 0. The lowest BCUT2D eigenvalue weighted by molar-refractivity contribution is 0.339. The fraction of sp³-hybridized carbons (Fsp3) is 0.400. The third kappa shape index (κ3) is 5.89. The first-order valence-corrected chi connectivity index (χ1v) is 4.05. The SMILES string of the molecule is C=CCN(CC=C)C/C=C\CO. The fourth-order valence-electron chi connectivity index (χ4n) is 0.887. The summed E-state index contributed by atoms with van der Waals surface area (Å²) in [5, 5.41) is 8.49. The van der Waals surface area contributed by atoms with E-state index in [1.807, 2.05) is 18.2 Å². The van der Waals surface area contributed by atoms with Crippen LogP contribution in [0.25, 0.3) is 0 Å². The number of rotatable bonds is 7. The third-order valence-electron chi connectivity index (χ3n) is 1.41. The molecule has 0 atom stereocenters. The minimum Gasteiger partial charge on any atom is -0.392 e. The van der Waals surface area contributed by atoms with Crippen molar-refractivity contribution in [2.24, 2.45) is 0 Å². The molecule has 0 saturated heterocycles. The second-order valence-electron chi connectivity index (χ2n) is 2.45. The van der Waals surface area contributed by atoms with E-state index in [2.05, 4.69) is 18.1 Å². The smallest absolute Gasteiger partial charge is 0.0612 e. The zero-order chi connectivity index (χ0) is 9.23. The van der Waals surface area contributed by atoms with Crippen molar-refractivity contribution >= 4 is 0 Å². The molecule has 0 amide bonds. The van der Waals surface area contributed by atoms with Gasteiger partial charge in [-0.25, -0.2) is 0 Å². The Hall–Kier alpha value is -0.860. The molecule has 0 saturated carbocycles. The number of hydrogen-bond acceptors (Lipinski definition) is 2. The molecule has 0 unspecified atom stereocenters. The lowest BCUT2D eigenvalue weighted by atomic mass is 10.4. The molecule has 2 nitrogen and oxygen atoms in total. The van der Waals surface area contributed by atoms with Crippen LogP contribution in [0, 0.1) is 0 Å². The van der Waals surface area contributed by atoms with Crippen LogP contribution in [0.3, 0.4) is 0 Å². The Balaban J connectivity index is 3.68. The van der Waals surface area contributed by atoms with Crippen molar-refractivity contribution in [2.75, 3.05) is 26.2 Å².